The van der Waals surface area contributed by atoms with Crippen LogP contribution in [0, 0.1) is 17.3 Å². The molecule has 7 heteroatoms. The van der Waals surface area contributed by atoms with Gasteiger partial charge in [0.1, 0.15) is 10.9 Å². The van der Waals surface area contributed by atoms with Crippen molar-refractivity contribution in [1.82, 2.24) is 10.1 Å². The van der Waals surface area contributed by atoms with Gasteiger partial charge in [0.25, 0.3) is 0 Å². The van der Waals surface area contributed by atoms with E-state index in [2.05, 4.69) is 27.3 Å². The Morgan fingerprint density at radius 3 is 2.76 bits per heavy atom. The molecule has 134 valence electrons. The number of carbonyl (C=O) groups is 1. The summed E-state index contributed by atoms with van der Waals surface area (Å²) in [6, 6.07) is 1.61. The first-order valence-electron chi connectivity index (χ1n) is 8.07. The molecular formula is C18H23N3O3S. The zero-order valence-electron chi connectivity index (χ0n) is 15.4. The molecular weight excluding hydrogens is 338 g/mol. The van der Waals surface area contributed by atoms with Crippen molar-refractivity contribution in [2.75, 3.05) is 12.4 Å². The monoisotopic (exact) mass is 361 g/mol. The molecule has 2 heterocycles. The number of anilines is 1. The van der Waals surface area contributed by atoms with Crippen molar-refractivity contribution in [3.63, 3.8) is 0 Å². The number of nitrogens with one attached hydrogen (secondary N) is 1. The molecule has 2 aromatic rings. The molecule has 0 fully saturated rings. The smallest absolute Gasteiger partial charge is 0.350 e. The lowest BCUT2D eigenvalue weighted by Crippen LogP contribution is -2.10. The topological polar surface area (TPSA) is 77.2 Å². The highest BCUT2D eigenvalue weighted by atomic mass is 32.1. The van der Waals surface area contributed by atoms with Crippen molar-refractivity contribution in [2.24, 2.45) is 5.41 Å². The number of hydrogen-bond donors (Lipinski definition) is 1. The molecule has 0 amide bonds. The van der Waals surface area contributed by atoms with Crippen molar-refractivity contribution >= 4 is 23.0 Å². The summed E-state index contributed by atoms with van der Waals surface area (Å²) < 4.78 is 10.1. The van der Waals surface area contributed by atoms with Crippen molar-refractivity contribution in [1.29, 1.82) is 0 Å². The fourth-order valence-corrected chi connectivity index (χ4v) is 2.83. The van der Waals surface area contributed by atoms with E-state index in [0.29, 0.717) is 28.7 Å². The largest absolute Gasteiger partial charge is 0.465 e. The lowest BCUT2D eigenvalue weighted by atomic mass is 9.98. The van der Waals surface area contributed by atoms with Crippen LogP contribution in [0.5, 0.6) is 0 Å². The SMILES string of the molecule is CCc1noc(C(C)Nc2cc(C#CC(C)(C)C)sc2C(=O)OC)n1. The predicted octanol–water partition coefficient (Wildman–Crippen LogP) is 4.05. The van der Waals surface area contributed by atoms with E-state index in [0.717, 1.165) is 4.88 Å². The van der Waals surface area contributed by atoms with Crippen LogP contribution >= 0.6 is 11.3 Å². The Labute approximate surface area is 152 Å². The third-order valence-corrected chi connectivity index (χ3v) is 4.24. The number of carbonyl (C=O) groups excluding carboxylic acids is 1. The maximum atomic E-state index is 12.1. The number of thiophene rings is 1. The third kappa shape index (κ3) is 5.07. The van der Waals surface area contributed by atoms with Gasteiger partial charge in [-0.2, -0.15) is 4.98 Å². The van der Waals surface area contributed by atoms with Crippen LogP contribution in [0.1, 0.15) is 66.9 Å². The summed E-state index contributed by atoms with van der Waals surface area (Å²) in [6.07, 6.45) is 0.703. The molecule has 0 radical (unpaired) electrons. The van der Waals surface area contributed by atoms with E-state index in [4.69, 9.17) is 9.26 Å². The number of ether oxygens (including phenoxy) is 1. The van der Waals surface area contributed by atoms with E-state index in [1.54, 1.807) is 0 Å². The summed E-state index contributed by atoms with van der Waals surface area (Å²) in [5.41, 5.74) is 0.537. The number of aromatic nitrogens is 2. The molecule has 1 unspecified atom stereocenters. The van der Waals surface area contributed by atoms with Gasteiger partial charge in [0.2, 0.25) is 5.89 Å². The van der Waals surface area contributed by atoms with Gasteiger partial charge in [-0.15, -0.1) is 11.3 Å². The number of nitrogens with zero attached hydrogens (tertiary/aromatic N) is 2. The van der Waals surface area contributed by atoms with E-state index in [1.165, 1.54) is 18.4 Å². The molecule has 0 spiro atoms. The quantitative estimate of drug-likeness (QED) is 0.639. The third-order valence-electron chi connectivity index (χ3n) is 3.21. The van der Waals surface area contributed by atoms with Gasteiger partial charge in [-0.25, -0.2) is 4.79 Å². The Kier molecular flexibility index (Phi) is 5.85. The molecule has 6 nitrogen and oxygen atoms in total. The van der Waals surface area contributed by atoms with Crippen molar-refractivity contribution in [3.05, 3.63) is 27.5 Å². The van der Waals surface area contributed by atoms with E-state index in [-0.39, 0.29) is 11.5 Å². The number of aryl methyl sites for hydroxylation is 1. The van der Waals surface area contributed by atoms with Gasteiger partial charge in [-0.1, -0.05) is 23.9 Å². The maximum Gasteiger partial charge on any atom is 0.350 e. The molecule has 1 atom stereocenters. The van der Waals surface area contributed by atoms with Crippen LogP contribution in [0.25, 0.3) is 0 Å². The van der Waals surface area contributed by atoms with Crippen molar-refractivity contribution in [2.45, 2.75) is 47.1 Å². The van der Waals surface area contributed by atoms with Crippen LogP contribution in [0.4, 0.5) is 5.69 Å². The highest BCUT2D eigenvalue weighted by Gasteiger charge is 2.21. The Bertz CT molecular complexity index is 806. The van der Waals surface area contributed by atoms with Gasteiger partial charge in [0.15, 0.2) is 5.82 Å². The molecule has 0 aliphatic carbocycles. The lowest BCUT2D eigenvalue weighted by molar-refractivity contribution is 0.0607. The molecule has 25 heavy (non-hydrogen) atoms. The van der Waals surface area contributed by atoms with Crippen molar-refractivity contribution in [3.8, 4) is 11.8 Å². The van der Waals surface area contributed by atoms with Crippen LogP contribution in [0.3, 0.4) is 0 Å². The van der Waals surface area contributed by atoms with Gasteiger partial charge in [0.05, 0.1) is 17.7 Å². The highest BCUT2D eigenvalue weighted by molar-refractivity contribution is 7.15. The molecule has 2 rings (SSSR count). The van der Waals surface area contributed by atoms with E-state index in [9.17, 15) is 4.79 Å². The fourth-order valence-electron chi connectivity index (χ4n) is 1.94. The van der Waals surface area contributed by atoms with E-state index < -0.39 is 5.97 Å². The maximum absolute atomic E-state index is 12.1. The molecule has 2 aromatic heterocycles. The average molecular weight is 361 g/mol. The summed E-state index contributed by atoms with van der Waals surface area (Å²) in [7, 11) is 1.36. The minimum absolute atomic E-state index is 0.114. The predicted molar refractivity (Wildman–Crippen MR) is 97.7 cm³/mol. The van der Waals surface area contributed by atoms with Crippen LogP contribution in [0.15, 0.2) is 10.6 Å². The number of hydrogen-bond acceptors (Lipinski definition) is 7. The Morgan fingerprint density at radius 2 is 2.20 bits per heavy atom. The van der Waals surface area contributed by atoms with Gasteiger partial charge < -0.3 is 14.6 Å². The zero-order valence-corrected chi connectivity index (χ0v) is 16.2. The first-order chi connectivity index (χ1) is 11.7. The molecule has 1 N–H and O–H groups in total. The first kappa shape index (κ1) is 19.0. The fraction of sp³-hybridized carbons (Fsp3) is 0.500. The average Bonchev–Trinajstić information content (AvgIpc) is 3.18. The molecule has 0 saturated carbocycles. The Balaban J connectivity index is 2.29. The highest BCUT2D eigenvalue weighted by Crippen LogP contribution is 2.30. The molecule has 0 aromatic carbocycles. The Hall–Kier alpha value is -2.33. The summed E-state index contributed by atoms with van der Waals surface area (Å²) in [6.45, 7) is 9.97. The Morgan fingerprint density at radius 1 is 1.48 bits per heavy atom. The van der Waals surface area contributed by atoms with Crippen molar-refractivity contribution < 1.29 is 14.1 Å². The minimum atomic E-state index is -0.400. The molecule has 0 saturated heterocycles. The van der Waals surface area contributed by atoms with Crippen LogP contribution in [-0.2, 0) is 11.2 Å². The summed E-state index contributed by atoms with van der Waals surface area (Å²) in [5, 5.41) is 7.14. The second-order valence-corrected chi connectivity index (χ2v) is 7.67. The van der Waals surface area contributed by atoms with Crippen LogP contribution < -0.4 is 5.32 Å². The van der Waals surface area contributed by atoms with E-state index in [1.807, 2.05) is 40.7 Å². The second-order valence-electron chi connectivity index (χ2n) is 6.61. The van der Waals surface area contributed by atoms with Gasteiger partial charge in [0, 0.05) is 11.8 Å². The van der Waals surface area contributed by atoms with Gasteiger partial charge >= 0.3 is 5.97 Å². The number of methoxy groups -OCH3 is 1. The molecule has 0 bridgehead atoms. The standard InChI is InChI=1S/C18H23N3O3S/c1-7-14-20-16(24-21-14)11(2)19-13-10-12(8-9-18(3,4)5)25-15(13)17(22)23-6/h10-11,19H,7H2,1-6H3. The van der Waals surface area contributed by atoms with Gasteiger partial charge in [-0.3, -0.25) is 0 Å². The summed E-state index contributed by atoms with van der Waals surface area (Å²) >= 11 is 1.30. The normalized spacial score (nSPS) is 12.2. The van der Waals surface area contributed by atoms with Gasteiger partial charge in [-0.05, 0) is 33.8 Å². The lowest BCUT2D eigenvalue weighted by Gasteiger charge is -2.10. The molecule has 0 aliphatic heterocycles. The molecule has 0 aliphatic rings. The second kappa shape index (κ2) is 7.70. The number of rotatable bonds is 5. The zero-order chi connectivity index (χ0) is 18.6. The van der Waals surface area contributed by atoms with E-state index >= 15 is 0 Å². The van der Waals surface area contributed by atoms with Crippen LogP contribution in [-0.4, -0.2) is 23.2 Å². The minimum Gasteiger partial charge on any atom is -0.465 e. The first-order valence-corrected chi connectivity index (χ1v) is 8.89. The summed E-state index contributed by atoms with van der Waals surface area (Å²) in [4.78, 5) is 17.7. The number of esters is 1. The van der Waals surface area contributed by atoms with Crippen LogP contribution in [0.2, 0.25) is 0 Å². The summed E-state index contributed by atoms with van der Waals surface area (Å²) in [5.74, 6) is 7.02.